The summed E-state index contributed by atoms with van der Waals surface area (Å²) in [5, 5.41) is 2.86. The molecule has 3 aromatic rings. The van der Waals surface area contributed by atoms with Crippen LogP contribution >= 0.6 is 0 Å². The maximum Gasteiger partial charge on any atom is 0.294 e. The zero-order chi connectivity index (χ0) is 20.8. The lowest BCUT2D eigenvalue weighted by Gasteiger charge is -2.22. The van der Waals surface area contributed by atoms with Crippen LogP contribution in [-0.4, -0.2) is 17.9 Å². The van der Waals surface area contributed by atoms with Crippen molar-refractivity contribution >= 4 is 17.5 Å². The third-order valence-electron chi connectivity index (χ3n) is 4.29. The number of carbonyl (C=O) groups excluding carboxylic acids is 2. The van der Waals surface area contributed by atoms with Gasteiger partial charge in [-0.25, -0.2) is 4.39 Å². The van der Waals surface area contributed by atoms with E-state index in [0.717, 1.165) is 11.1 Å². The molecule has 0 aliphatic rings. The molecular formula is C23H23FN2O3. The van der Waals surface area contributed by atoms with Crippen LogP contribution in [0.4, 0.5) is 10.1 Å². The Labute approximate surface area is 169 Å². The first-order valence-electron chi connectivity index (χ1n) is 9.40. The number of benzene rings is 2. The summed E-state index contributed by atoms with van der Waals surface area (Å²) in [7, 11) is 0. The second-order valence-corrected chi connectivity index (χ2v) is 7.06. The van der Waals surface area contributed by atoms with Crippen LogP contribution in [0.2, 0.25) is 0 Å². The van der Waals surface area contributed by atoms with Gasteiger partial charge in [-0.15, -0.1) is 0 Å². The molecule has 5 nitrogen and oxygen atoms in total. The standard InChI is InChI=1S/C23H23FN2O3/c1-16(2)25-22(27)14-17-7-11-20(12-8-17)26(23(28)21-4-3-13-29-21)15-18-5-9-19(24)10-6-18/h3-13,16H,14-15H2,1-2H3,(H,25,27). The van der Waals surface area contributed by atoms with Gasteiger partial charge in [0.1, 0.15) is 5.82 Å². The second-order valence-electron chi connectivity index (χ2n) is 7.06. The second kappa shape index (κ2) is 9.19. The van der Waals surface area contributed by atoms with Crippen LogP contribution in [0, 0.1) is 5.82 Å². The molecule has 29 heavy (non-hydrogen) atoms. The minimum absolute atomic E-state index is 0.0532. The van der Waals surface area contributed by atoms with Gasteiger partial charge in [-0.05, 0) is 61.4 Å². The van der Waals surface area contributed by atoms with Gasteiger partial charge in [0.15, 0.2) is 5.76 Å². The average molecular weight is 394 g/mol. The molecule has 1 heterocycles. The molecule has 2 amide bonds. The van der Waals surface area contributed by atoms with Crippen molar-refractivity contribution in [1.82, 2.24) is 5.32 Å². The first kappa shape index (κ1) is 20.3. The normalized spacial score (nSPS) is 10.8. The van der Waals surface area contributed by atoms with Crippen molar-refractivity contribution in [2.75, 3.05) is 4.90 Å². The van der Waals surface area contributed by atoms with Gasteiger partial charge in [-0.2, -0.15) is 0 Å². The Morgan fingerprint density at radius 1 is 1.00 bits per heavy atom. The molecule has 0 aliphatic carbocycles. The molecule has 0 radical (unpaired) electrons. The zero-order valence-electron chi connectivity index (χ0n) is 16.4. The van der Waals surface area contributed by atoms with Gasteiger partial charge in [-0.1, -0.05) is 24.3 Å². The van der Waals surface area contributed by atoms with Crippen LogP contribution in [0.1, 0.15) is 35.5 Å². The van der Waals surface area contributed by atoms with Crippen molar-refractivity contribution in [3.8, 4) is 0 Å². The Kier molecular flexibility index (Phi) is 6.44. The highest BCUT2D eigenvalue weighted by molar-refractivity contribution is 6.04. The molecule has 0 saturated heterocycles. The van der Waals surface area contributed by atoms with Crippen molar-refractivity contribution < 1.29 is 18.4 Å². The largest absolute Gasteiger partial charge is 0.459 e. The monoisotopic (exact) mass is 394 g/mol. The van der Waals surface area contributed by atoms with E-state index < -0.39 is 0 Å². The topological polar surface area (TPSA) is 62.6 Å². The Balaban J connectivity index is 1.82. The van der Waals surface area contributed by atoms with Crippen LogP contribution in [0.3, 0.4) is 0 Å². The molecule has 0 aliphatic heterocycles. The molecule has 0 fully saturated rings. The Morgan fingerprint density at radius 2 is 1.66 bits per heavy atom. The number of anilines is 1. The number of furan rings is 1. The molecule has 0 saturated carbocycles. The molecule has 1 N–H and O–H groups in total. The number of nitrogens with zero attached hydrogens (tertiary/aromatic N) is 1. The minimum atomic E-state index is -0.332. The number of hydrogen-bond donors (Lipinski definition) is 1. The zero-order valence-corrected chi connectivity index (χ0v) is 16.4. The fourth-order valence-corrected chi connectivity index (χ4v) is 2.94. The molecule has 2 aromatic carbocycles. The molecule has 0 unspecified atom stereocenters. The molecule has 150 valence electrons. The predicted octanol–water partition coefficient (Wildman–Crippen LogP) is 4.33. The summed E-state index contributed by atoms with van der Waals surface area (Å²) >= 11 is 0. The summed E-state index contributed by atoms with van der Waals surface area (Å²) in [4.78, 5) is 26.5. The first-order chi connectivity index (χ1) is 13.9. The first-order valence-corrected chi connectivity index (χ1v) is 9.40. The number of carbonyl (C=O) groups is 2. The summed E-state index contributed by atoms with van der Waals surface area (Å²) in [5.74, 6) is -0.471. The SMILES string of the molecule is CC(C)NC(=O)Cc1ccc(N(Cc2ccc(F)cc2)C(=O)c2ccco2)cc1. The highest BCUT2D eigenvalue weighted by atomic mass is 19.1. The Morgan fingerprint density at radius 3 is 2.24 bits per heavy atom. The highest BCUT2D eigenvalue weighted by Gasteiger charge is 2.20. The van der Waals surface area contributed by atoms with Gasteiger partial charge in [0.05, 0.1) is 19.2 Å². The fraction of sp³-hybridized carbons (Fsp3) is 0.217. The van der Waals surface area contributed by atoms with E-state index in [1.807, 2.05) is 26.0 Å². The molecule has 0 spiro atoms. The van der Waals surface area contributed by atoms with Crippen LogP contribution in [0.15, 0.2) is 71.3 Å². The summed E-state index contributed by atoms with van der Waals surface area (Å²) < 4.78 is 18.5. The van der Waals surface area contributed by atoms with E-state index in [1.54, 1.807) is 41.3 Å². The molecule has 0 atom stereocenters. The van der Waals surface area contributed by atoms with E-state index in [0.29, 0.717) is 5.69 Å². The number of amides is 2. The molecular weight excluding hydrogens is 371 g/mol. The quantitative estimate of drug-likeness (QED) is 0.649. The van der Waals surface area contributed by atoms with Crippen molar-refractivity contribution in [3.05, 3.63) is 89.6 Å². The third-order valence-corrected chi connectivity index (χ3v) is 4.29. The third kappa shape index (κ3) is 5.54. The summed E-state index contributed by atoms with van der Waals surface area (Å²) in [6.45, 7) is 4.08. The Hall–Kier alpha value is -3.41. The molecule has 3 rings (SSSR count). The minimum Gasteiger partial charge on any atom is -0.459 e. The number of nitrogens with one attached hydrogen (secondary N) is 1. The maximum absolute atomic E-state index is 13.2. The van der Waals surface area contributed by atoms with E-state index in [4.69, 9.17) is 4.42 Å². The van der Waals surface area contributed by atoms with Crippen molar-refractivity contribution in [3.63, 3.8) is 0 Å². The smallest absolute Gasteiger partial charge is 0.294 e. The number of hydrogen-bond acceptors (Lipinski definition) is 3. The summed E-state index contributed by atoms with van der Waals surface area (Å²) in [5.41, 5.74) is 2.29. The predicted molar refractivity (Wildman–Crippen MR) is 109 cm³/mol. The lowest BCUT2D eigenvalue weighted by atomic mass is 10.1. The maximum atomic E-state index is 13.2. The molecule has 1 aromatic heterocycles. The van der Waals surface area contributed by atoms with Gasteiger partial charge in [-0.3, -0.25) is 9.59 Å². The van der Waals surface area contributed by atoms with Crippen LogP contribution in [0.25, 0.3) is 0 Å². The lowest BCUT2D eigenvalue weighted by Crippen LogP contribution is -2.31. The lowest BCUT2D eigenvalue weighted by molar-refractivity contribution is -0.120. The average Bonchev–Trinajstić information content (AvgIpc) is 3.22. The van der Waals surface area contributed by atoms with Crippen LogP contribution in [0.5, 0.6) is 0 Å². The fourth-order valence-electron chi connectivity index (χ4n) is 2.94. The molecule has 6 heteroatoms. The van der Waals surface area contributed by atoms with Gasteiger partial charge < -0.3 is 14.6 Å². The summed E-state index contributed by atoms with van der Waals surface area (Å²) in [6.07, 6.45) is 1.71. The van der Waals surface area contributed by atoms with Gasteiger partial charge >= 0.3 is 0 Å². The highest BCUT2D eigenvalue weighted by Crippen LogP contribution is 2.22. The molecule has 0 bridgehead atoms. The van der Waals surface area contributed by atoms with Gasteiger partial charge in [0, 0.05) is 11.7 Å². The van der Waals surface area contributed by atoms with Crippen molar-refractivity contribution in [1.29, 1.82) is 0 Å². The van der Waals surface area contributed by atoms with Crippen molar-refractivity contribution in [2.24, 2.45) is 0 Å². The van der Waals surface area contributed by atoms with E-state index in [1.165, 1.54) is 18.4 Å². The number of halogens is 1. The van der Waals surface area contributed by atoms with E-state index in [2.05, 4.69) is 5.32 Å². The van der Waals surface area contributed by atoms with Crippen molar-refractivity contribution in [2.45, 2.75) is 32.9 Å². The van der Waals surface area contributed by atoms with Crippen LogP contribution in [-0.2, 0) is 17.8 Å². The van der Waals surface area contributed by atoms with E-state index >= 15 is 0 Å². The number of rotatable bonds is 7. The summed E-state index contributed by atoms with van der Waals surface area (Å²) in [6, 6.07) is 16.6. The van der Waals surface area contributed by atoms with Crippen LogP contribution < -0.4 is 10.2 Å². The van der Waals surface area contributed by atoms with E-state index in [-0.39, 0.29) is 42.4 Å². The van der Waals surface area contributed by atoms with Gasteiger partial charge in [0.2, 0.25) is 5.91 Å². The van der Waals surface area contributed by atoms with E-state index in [9.17, 15) is 14.0 Å². The Bertz CT molecular complexity index is 949. The van der Waals surface area contributed by atoms with Gasteiger partial charge in [0.25, 0.3) is 5.91 Å².